The van der Waals surface area contributed by atoms with Gasteiger partial charge >= 0.3 is 6.18 Å². The molecule has 0 aromatic heterocycles. The number of carbonyl (C=O) groups is 2. The fourth-order valence-electron chi connectivity index (χ4n) is 2.65. The molecular weight excluding hydrogens is 468 g/mol. The van der Waals surface area contributed by atoms with Crippen LogP contribution >= 0.6 is 23.2 Å². The number of halogens is 5. The summed E-state index contributed by atoms with van der Waals surface area (Å²) >= 11 is 11.8. The SMILES string of the molecule is O=C(COc1ccc(Cl)cc1Cl)Nc1cccc(C(=O)Nc2cccc(C(F)(F)F)c2)c1. The zero-order valence-corrected chi connectivity index (χ0v) is 17.7. The minimum Gasteiger partial charge on any atom is -0.482 e. The van der Waals surface area contributed by atoms with Gasteiger partial charge in [-0.1, -0.05) is 35.3 Å². The monoisotopic (exact) mass is 482 g/mol. The molecular formula is C22H15Cl2F3N2O3. The molecule has 5 nitrogen and oxygen atoms in total. The Bertz CT molecular complexity index is 1150. The van der Waals surface area contributed by atoms with E-state index < -0.39 is 23.6 Å². The number of alkyl halides is 3. The summed E-state index contributed by atoms with van der Waals surface area (Å²) in [6, 6.07) is 14.8. The average Bonchev–Trinajstić information content (AvgIpc) is 2.73. The van der Waals surface area contributed by atoms with Crippen molar-refractivity contribution in [3.05, 3.63) is 87.9 Å². The van der Waals surface area contributed by atoms with E-state index in [9.17, 15) is 22.8 Å². The standard InChI is InChI=1S/C22H15Cl2F3N2O3/c23-15-7-8-19(18(24)11-15)32-12-20(30)28-16-5-1-3-13(9-16)21(31)29-17-6-2-4-14(10-17)22(25,26)27/h1-11H,12H2,(H,28,30)(H,29,31). The number of benzene rings is 3. The van der Waals surface area contributed by atoms with Gasteiger partial charge in [-0.05, 0) is 54.6 Å². The van der Waals surface area contributed by atoms with Gasteiger partial charge in [0.25, 0.3) is 11.8 Å². The third kappa shape index (κ3) is 6.38. The van der Waals surface area contributed by atoms with E-state index in [4.69, 9.17) is 27.9 Å². The Morgan fingerprint density at radius 3 is 2.25 bits per heavy atom. The average molecular weight is 483 g/mol. The molecule has 2 N–H and O–H groups in total. The number of amides is 2. The molecule has 0 aliphatic rings. The van der Waals surface area contributed by atoms with E-state index in [1.54, 1.807) is 12.1 Å². The summed E-state index contributed by atoms with van der Waals surface area (Å²) in [5, 5.41) is 5.65. The molecule has 0 saturated carbocycles. The van der Waals surface area contributed by atoms with E-state index in [1.807, 2.05) is 0 Å². The first-order valence-electron chi connectivity index (χ1n) is 9.08. The highest BCUT2D eigenvalue weighted by Gasteiger charge is 2.30. The van der Waals surface area contributed by atoms with E-state index in [0.29, 0.717) is 10.7 Å². The van der Waals surface area contributed by atoms with Gasteiger partial charge in [-0.25, -0.2) is 0 Å². The smallest absolute Gasteiger partial charge is 0.416 e. The number of hydrogen-bond acceptors (Lipinski definition) is 3. The number of nitrogens with one attached hydrogen (secondary N) is 2. The summed E-state index contributed by atoms with van der Waals surface area (Å²) in [5.74, 6) is -0.864. The molecule has 0 atom stereocenters. The van der Waals surface area contributed by atoms with Crippen LogP contribution in [0, 0.1) is 0 Å². The predicted octanol–water partition coefficient (Wildman–Crippen LogP) is 6.28. The van der Waals surface area contributed by atoms with Gasteiger partial charge in [-0.2, -0.15) is 13.2 Å². The van der Waals surface area contributed by atoms with Crippen molar-refractivity contribution in [2.45, 2.75) is 6.18 Å². The van der Waals surface area contributed by atoms with E-state index in [2.05, 4.69) is 10.6 Å². The van der Waals surface area contributed by atoms with Gasteiger partial charge < -0.3 is 15.4 Å². The third-order valence-corrected chi connectivity index (χ3v) is 4.64. The summed E-state index contributed by atoms with van der Waals surface area (Å²) in [5.41, 5.74) is -0.441. The van der Waals surface area contributed by atoms with Gasteiger partial charge in [0.1, 0.15) is 5.75 Å². The van der Waals surface area contributed by atoms with E-state index in [1.165, 1.54) is 42.5 Å². The summed E-state index contributed by atoms with van der Waals surface area (Å²) in [6.45, 7) is -0.345. The van der Waals surface area contributed by atoms with Crippen molar-refractivity contribution in [3.63, 3.8) is 0 Å². The zero-order valence-electron chi connectivity index (χ0n) is 16.2. The van der Waals surface area contributed by atoms with Crippen LogP contribution in [-0.4, -0.2) is 18.4 Å². The van der Waals surface area contributed by atoms with Gasteiger partial charge in [0.2, 0.25) is 0 Å². The number of ether oxygens (including phenoxy) is 1. The molecule has 32 heavy (non-hydrogen) atoms. The highest BCUT2D eigenvalue weighted by atomic mass is 35.5. The molecule has 3 aromatic carbocycles. The lowest BCUT2D eigenvalue weighted by atomic mass is 10.1. The maximum Gasteiger partial charge on any atom is 0.416 e. The number of hydrogen-bond donors (Lipinski definition) is 2. The van der Waals surface area contributed by atoms with Gasteiger partial charge in [0, 0.05) is 22.0 Å². The van der Waals surface area contributed by atoms with Crippen molar-refractivity contribution in [1.82, 2.24) is 0 Å². The van der Waals surface area contributed by atoms with Crippen LogP contribution in [0.3, 0.4) is 0 Å². The maximum atomic E-state index is 12.8. The van der Waals surface area contributed by atoms with Crippen LogP contribution in [0.5, 0.6) is 5.75 Å². The third-order valence-electron chi connectivity index (χ3n) is 4.11. The first-order chi connectivity index (χ1) is 15.1. The molecule has 0 radical (unpaired) electrons. The lowest BCUT2D eigenvalue weighted by Gasteiger charge is -2.11. The first-order valence-corrected chi connectivity index (χ1v) is 9.84. The fourth-order valence-corrected chi connectivity index (χ4v) is 3.11. The summed E-state index contributed by atoms with van der Waals surface area (Å²) in [7, 11) is 0. The second-order valence-corrected chi connectivity index (χ2v) is 7.37. The Morgan fingerprint density at radius 2 is 1.56 bits per heavy atom. The second-order valence-electron chi connectivity index (χ2n) is 6.53. The van der Waals surface area contributed by atoms with Crippen LogP contribution in [0.4, 0.5) is 24.5 Å². The molecule has 0 aliphatic carbocycles. The van der Waals surface area contributed by atoms with Crippen molar-refractivity contribution in [2.75, 3.05) is 17.2 Å². The lowest BCUT2D eigenvalue weighted by molar-refractivity contribution is -0.137. The Morgan fingerprint density at radius 1 is 0.875 bits per heavy atom. The van der Waals surface area contributed by atoms with Crippen LogP contribution in [-0.2, 0) is 11.0 Å². The number of anilines is 2. The quantitative estimate of drug-likeness (QED) is 0.434. The minimum absolute atomic E-state index is 0.00694. The zero-order chi connectivity index (χ0) is 23.3. The molecule has 0 saturated heterocycles. The second kappa shape index (κ2) is 9.93. The molecule has 10 heteroatoms. The molecule has 166 valence electrons. The Kier molecular flexibility index (Phi) is 7.27. The Labute approximate surface area is 191 Å². The number of carbonyl (C=O) groups excluding carboxylic acids is 2. The molecule has 0 heterocycles. The molecule has 0 unspecified atom stereocenters. The fraction of sp³-hybridized carbons (Fsp3) is 0.0909. The van der Waals surface area contributed by atoms with Crippen LogP contribution in [0.1, 0.15) is 15.9 Å². The topological polar surface area (TPSA) is 67.4 Å². The lowest BCUT2D eigenvalue weighted by Crippen LogP contribution is -2.20. The largest absolute Gasteiger partial charge is 0.482 e. The summed E-state index contributed by atoms with van der Waals surface area (Å²) in [6.07, 6.45) is -4.52. The van der Waals surface area contributed by atoms with Crippen LogP contribution in [0.15, 0.2) is 66.7 Å². The summed E-state index contributed by atoms with van der Waals surface area (Å²) < 4.78 is 43.9. The highest BCUT2D eigenvalue weighted by molar-refractivity contribution is 6.35. The molecule has 2 amide bonds. The van der Waals surface area contributed by atoms with E-state index in [0.717, 1.165) is 12.1 Å². The van der Waals surface area contributed by atoms with E-state index in [-0.39, 0.29) is 28.6 Å². The highest BCUT2D eigenvalue weighted by Crippen LogP contribution is 2.31. The van der Waals surface area contributed by atoms with Crippen molar-refractivity contribution < 1.29 is 27.5 Å². The minimum atomic E-state index is -4.52. The molecule has 3 rings (SSSR count). The molecule has 0 aliphatic heterocycles. The normalized spacial score (nSPS) is 11.0. The Hall–Kier alpha value is -3.23. The molecule has 0 spiro atoms. The summed E-state index contributed by atoms with van der Waals surface area (Å²) in [4.78, 5) is 24.6. The number of rotatable bonds is 6. The van der Waals surface area contributed by atoms with Gasteiger partial charge in [-0.15, -0.1) is 0 Å². The van der Waals surface area contributed by atoms with Crippen LogP contribution < -0.4 is 15.4 Å². The van der Waals surface area contributed by atoms with Crippen molar-refractivity contribution in [2.24, 2.45) is 0 Å². The van der Waals surface area contributed by atoms with Gasteiger partial charge in [0.05, 0.1) is 10.6 Å². The predicted molar refractivity (Wildman–Crippen MR) is 116 cm³/mol. The molecule has 0 fully saturated rings. The van der Waals surface area contributed by atoms with Crippen LogP contribution in [0.2, 0.25) is 10.0 Å². The van der Waals surface area contributed by atoms with Gasteiger partial charge in [0.15, 0.2) is 6.61 Å². The van der Waals surface area contributed by atoms with Crippen molar-refractivity contribution >= 4 is 46.4 Å². The van der Waals surface area contributed by atoms with Gasteiger partial charge in [-0.3, -0.25) is 9.59 Å². The Balaban J connectivity index is 1.62. The first kappa shape index (κ1) is 23.4. The molecule has 0 bridgehead atoms. The van der Waals surface area contributed by atoms with Crippen molar-refractivity contribution in [1.29, 1.82) is 0 Å². The van der Waals surface area contributed by atoms with Crippen molar-refractivity contribution in [3.8, 4) is 5.75 Å². The van der Waals surface area contributed by atoms with E-state index >= 15 is 0 Å². The maximum absolute atomic E-state index is 12.8. The van der Waals surface area contributed by atoms with Crippen LogP contribution in [0.25, 0.3) is 0 Å². The molecule has 3 aromatic rings.